The lowest BCUT2D eigenvalue weighted by Crippen LogP contribution is -2.44. The van der Waals surface area contributed by atoms with E-state index in [-0.39, 0.29) is 12.0 Å². The van der Waals surface area contributed by atoms with Crippen molar-refractivity contribution in [3.8, 4) is 5.75 Å². The molecule has 0 radical (unpaired) electrons. The first-order valence-corrected chi connectivity index (χ1v) is 11.8. The highest BCUT2D eigenvalue weighted by Gasteiger charge is 2.25. The zero-order valence-electron chi connectivity index (χ0n) is 14.4. The summed E-state index contributed by atoms with van der Waals surface area (Å²) in [6.45, 7) is 1.50. The molecule has 2 saturated heterocycles. The van der Waals surface area contributed by atoms with Gasteiger partial charge in [-0.25, -0.2) is 0 Å². The minimum atomic E-state index is 0.0181. The maximum Gasteiger partial charge on any atom is 0.222 e. The monoisotopic (exact) mass is 400 g/mol. The molecule has 138 valence electrons. The molecular formula is C18H25ClN2O2S2. The van der Waals surface area contributed by atoms with Crippen LogP contribution in [-0.4, -0.2) is 46.0 Å². The molecule has 1 aromatic heterocycles. The summed E-state index contributed by atoms with van der Waals surface area (Å²) in [4.78, 5) is 18.4. The molecule has 3 heterocycles. The van der Waals surface area contributed by atoms with Crippen LogP contribution >= 0.6 is 33.2 Å². The molecule has 0 N–H and O–H groups in total. The Labute approximate surface area is 162 Å². The number of nitrogens with zero attached hydrogens (tertiary/aromatic N) is 2. The molecule has 2 aliphatic rings. The number of carbonyl (C=O) groups excluding carboxylic acids is 1. The van der Waals surface area contributed by atoms with Crippen LogP contribution in [0.4, 0.5) is 0 Å². The fourth-order valence-corrected chi connectivity index (χ4v) is 6.46. The molecule has 25 heavy (non-hydrogen) atoms. The standard InChI is InChI=1S/C18H25ClN2O2S2/c19-16-12-20-9-7-17(16)23-14-4-3-10-21(13-14)18(22)6-2-1-5-15-8-11-24-25-15/h7,9,12,14-15H,1-6,8,10-11,13H2. The predicted molar refractivity (Wildman–Crippen MR) is 106 cm³/mol. The maximum absolute atomic E-state index is 12.5. The van der Waals surface area contributed by atoms with E-state index in [0.717, 1.165) is 37.5 Å². The number of rotatable bonds is 7. The van der Waals surface area contributed by atoms with Gasteiger partial charge in [0.05, 0.1) is 6.54 Å². The van der Waals surface area contributed by atoms with E-state index in [1.165, 1.54) is 18.6 Å². The van der Waals surface area contributed by atoms with Gasteiger partial charge in [0.2, 0.25) is 5.91 Å². The molecule has 2 unspecified atom stereocenters. The zero-order valence-corrected chi connectivity index (χ0v) is 16.8. The molecule has 0 aromatic carbocycles. The second-order valence-corrected chi connectivity index (χ2v) is 9.80. The van der Waals surface area contributed by atoms with Crippen LogP contribution in [0, 0.1) is 0 Å². The number of amides is 1. The van der Waals surface area contributed by atoms with Crippen LogP contribution < -0.4 is 4.74 Å². The largest absolute Gasteiger partial charge is 0.487 e. The number of hydrogen-bond acceptors (Lipinski definition) is 5. The van der Waals surface area contributed by atoms with Crippen LogP contribution in [0.25, 0.3) is 0 Å². The van der Waals surface area contributed by atoms with E-state index in [2.05, 4.69) is 4.98 Å². The first kappa shape index (κ1) is 19.2. The minimum absolute atomic E-state index is 0.0181. The van der Waals surface area contributed by atoms with Crippen molar-refractivity contribution in [1.82, 2.24) is 9.88 Å². The fourth-order valence-electron chi connectivity index (χ4n) is 3.27. The Morgan fingerprint density at radius 2 is 2.32 bits per heavy atom. The average Bonchev–Trinajstić information content (AvgIpc) is 3.14. The quantitative estimate of drug-likeness (QED) is 0.485. The van der Waals surface area contributed by atoms with Gasteiger partial charge in [-0.15, -0.1) is 0 Å². The van der Waals surface area contributed by atoms with Crippen molar-refractivity contribution in [3.63, 3.8) is 0 Å². The third-order valence-corrected chi connectivity index (χ3v) is 7.94. The first-order valence-electron chi connectivity index (χ1n) is 9.04. The molecule has 0 spiro atoms. The summed E-state index contributed by atoms with van der Waals surface area (Å²) in [6.07, 6.45) is 10.6. The van der Waals surface area contributed by atoms with E-state index in [4.69, 9.17) is 16.3 Å². The SMILES string of the molecule is O=C(CCCCC1CCSS1)N1CCCC(Oc2ccncc2Cl)C1. The molecule has 1 amide bonds. The summed E-state index contributed by atoms with van der Waals surface area (Å²) in [5.74, 6) is 2.20. The number of ether oxygens (including phenoxy) is 1. The second kappa shape index (κ2) is 9.93. The number of piperidine rings is 1. The van der Waals surface area contributed by atoms with Crippen molar-refractivity contribution in [3.05, 3.63) is 23.5 Å². The van der Waals surface area contributed by atoms with E-state index in [1.54, 1.807) is 18.5 Å². The third-order valence-electron chi connectivity index (χ3n) is 4.65. The fraction of sp³-hybridized carbons (Fsp3) is 0.667. The second-order valence-electron chi connectivity index (χ2n) is 6.60. The predicted octanol–water partition coefficient (Wildman–Crippen LogP) is 4.82. The minimum Gasteiger partial charge on any atom is -0.487 e. The molecule has 0 bridgehead atoms. The summed E-state index contributed by atoms with van der Waals surface area (Å²) >= 11 is 6.11. The average molecular weight is 401 g/mol. The van der Waals surface area contributed by atoms with Crippen LogP contribution in [0.15, 0.2) is 18.5 Å². The van der Waals surface area contributed by atoms with Gasteiger partial charge >= 0.3 is 0 Å². The lowest BCUT2D eigenvalue weighted by molar-refractivity contribution is -0.133. The molecular weight excluding hydrogens is 376 g/mol. The van der Waals surface area contributed by atoms with Crippen molar-refractivity contribution < 1.29 is 9.53 Å². The van der Waals surface area contributed by atoms with Gasteiger partial charge in [0.1, 0.15) is 16.9 Å². The van der Waals surface area contributed by atoms with E-state index >= 15 is 0 Å². The molecule has 2 fully saturated rings. The van der Waals surface area contributed by atoms with Crippen molar-refractivity contribution >= 4 is 39.1 Å². The molecule has 1 aromatic rings. The molecule has 2 atom stereocenters. The Balaban J connectivity index is 1.39. The van der Waals surface area contributed by atoms with Crippen molar-refractivity contribution in [2.75, 3.05) is 18.8 Å². The Bertz CT molecular complexity index is 570. The Hall–Kier alpha value is -0.590. The lowest BCUT2D eigenvalue weighted by Gasteiger charge is -2.33. The molecule has 7 heteroatoms. The van der Waals surface area contributed by atoms with Gasteiger partial charge in [-0.05, 0) is 32.1 Å². The van der Waals surface area contributed by atoms with E-state index in [9.17, 15) is 4.79 Å². The summed E-state index contributed by atoms with van der Waals surface area (Å²) in [5.41, 5.74) is 0. The van der Waals surface area contributed by atoms with Crippen LogP contribution in [0.1, 0.15) is 44.9 Å². The topological polar surface area (TPSA) is 42.4 Å². The van der Waals surface area contributed by atoms with Crippen LogP contribution in [0.2, 0.25) is 5.02 Å². The van der Waals surface area contributed by atoms with Gasteiger partial charge in [-0.2, -0.15) is 0 Å². The third kappa shape index (κ3) is 5.97. The van der Waals surface area contributed by atoms with Crippen molar-refractivity contribution in [1.29, 1.82) is 0 Å². The molecule has 2 aliphatic heterocycles. The Kier molecular flexibility index (Phi) is 7.62. The zero-order chi connectivity index (χ0) is 17.5. The van der Waals surface area contributed by atoms with E-state index in [0.29, 0.717) is 23.7 Å². The molecule has 3 rings (SSSR count). The highest BCUT2D eigenvalue weighted by atomic mass is 35.5. The van der Waals surface area contributed by atoms with Gasteiger partial charge < -0.3 is 9.64 Å². The van der Waals surface area contributed by atoms with Crippen molar-refractivity contribution in [2.45, 2.75) is 56.3 Å². The van der Waals surface area contributed by atoms with Gasteiger partial charge in [0, 0.05) is 42.4 Å². The van der Waals surface area contributed by atoms with Crippen LogP contribution in [0.5, 0.6) is 5.75 Å². The number of pyridine rings is 1. The van der Waals surface area contributed by atoms with Gasteiger partial charge in [0.25, 0.3) is 0 Å². The summed E-state index contributed by atoms with van der Waals surface area (Å²) < 4.78 is 5.99. The van der Waals surface area contributed by atoms with Gasteiger partial charge in [0.15, 0.2) is 0 Å². The first-order chi connectivity index (χ1) is 12.2. The van der Waals surface area contributed by atoms with Gasteiger partial charge in [-0.1, -0.05) is 39.6 Å². The van der Waals surface area contributed by atoms with Crippen molar-refractivity contribution in [2.24, 2.45) is 0 Å². The Morgan fingerprint density at radius 1 is 1.40 bits per heavy atom. The summed E-state index contributed by atoms with van der Waals surface area (Å²) in [6, 6.07) is 1.78. The number of unbranched alkanes of at least 4 members (excludes halogenated alkanes) is 1. The number of carbonyl (C=O) groups is 1. The number of aromatic nitrogens is 1. The highest BCUT2D eigenvalue weighted by Crippen LogP contribution is 2.39. The lowest BCUT2D eigenvalue weighted by atomic mass is 10.1. The van der Waals surface area contributed by atoms with E-state index < -0.39 is 0 Å². The van der Waals surface area contributed by atoms with E-state index in [1.807, 2.05) is 26.5 Å². The normalized spacial score (nSPS) is 23.6. The number of halogens is 1. The molecule has 0 saturated carbocycles. The Morgan fingerprint density at radius 3 is 3.12 bits per heavy atom. The summed E-state index contributed by atoms with van der Waals surface area (Å²) in [5, 5.41) is 1.33. The van der Waals surface area contributed by atoms with Crippen LogP contribution in [-0.2, 0) is 4.79 Å². The molecule has 4 nitrogen and oxygen atoms in total. The smallest absolute Gasteiger partial charge is 0.222 e. The highest BCUT2D eigenvalue weighted by molar-refractivity contribution is 8.77. The van der Waals surface area contributed by atoms with Crippen LogP contribution in [0.3, 0.4) is 0 Å². The number of likely N-dealkylation sites (tertiary alicyclic amines) is 1. The number of hydrogen-bond donors (Lipinski definition) is 0. The maximum atomic E-state index is 12.5. The van der Waals surface area contributed by atoms with Gasteiger partial charge in [-0.3, -0.25) is 9.78 Å². The molecule has 0 aliphatic carbocycles. The summed E-state index contributed by atoms with van der Waals surface area (Å²) in [7, 11) is 4.01.